The molecule has 4 nitrogen and oxygen atoms in total. The molecular formula is C24H31FO4. The highest BCUT2D eigenvalue weighted by atomic mass is 19.1. The third-order valence-corrected chi connectivity index (χ3v) is 4.45. The Morgan fingerprint density at radius 2 is 1.76 bits per heavy atom. The highest BCUT2D eigenvalue weighted by molar-refractivity contribution is 5.69. The Bertz CT molecular complexity index is 736. The lowest BCUT2D eigenvalue weighted by Crippen LogP contribution is -2.12. The van der Waals surface area contributed by atoms with Crippen LogP contribution >= 0.6 is 0 Å². The fourth-order valence-corrected chi connectivity index (χ4v) is 2.27. The fourth-order valence-electron chi connectivity index (χ4n) is 2.27. The Kier molecular flexibility index (Phi) is 9.48. The van der Waals surface area contributed by atoms with Gasteiger partial charge in [-0.1, -0.05) is 38.3 Å². The molecule has 0 amide bonds. The molecule has 0 aromatic heterocycles. The number of benzene rings is 2. The van der Waals surface area contributed by atoms with Crippen molar-refractivity contribution in [2.24, 2.45) is 11.8 Å². The Morgan fingerprint density at radius 3 is 2.28 bits per heavy atom. The summed E-state index contributed by atoms with van der Waals surface area (Å²) in [5.74, 6) is 0.916. The van der Waals surface area contributed by atoms with Crippen LogP contribution in [0.1, 0.15) is 44.6 Å². The SMILES string of the molecule is C1CC1.CC(Cc1cccc(OCC2CC2)c1)C(=O)O.COc1ccc(F)cc1. The van der Waals surface area contributed by atoms with Gasteiger partial charge < -0.3 is 14.6 Å². The minimum absolute atomic E-state index is 0.240. The number of carbonyl (C=O) groups is 1. The molecule has 0 bridgehead atoms. The van der Waals surface area contributed by atoms with Gasteiger partial charge >= 0.3 is 5.97 Å². The van der Waals surface area contributed by atoms with Crippen LogP contribution in [0.4, 0.5) is 4.39 Å². The summed E-state index contributed by atoms with van der Waals surface area (Å²) < 4.78 is 22.6. The molecule has 5 heteroatoms. The summed E-state index contributed by atoms with van der Waals surface area (Å²) in [6.45, 7) is 2.51. The lowest BCUT2D eigenvalue weighted by atomic mass is 10.0. The Balaban J connectivity index is 0.000000207. The Morgan fingerprint density at radius 1 is 1.10 bits per heavy atom. The predicted molar refractivity (Wildman–Crippen MR) is 112 cm³/mol. The molecule has 4 rings (SSSR count). The quantitative estimate of drug-likeness (QED) is 0.641. The second-order valence-electron chi connectivity index (χ2n) is 7.56. The van der Waals surface area contributed by atoms with Crippen molar-refractivity contribution in [3.8, 4) is 11.5 Å². The minimum atomic E-state index is -0.755. The normalized spacial score (nSPS) is 15.0. The predicted octanol–water partition coefficient (Wildman–Crippen LogP) is 5.74. The fraction of sp³-hybridized carbons (Fsp3) is 0.458. The number of halogens is 1. The topological polar surface area (TPSA) is 55.8 Å². The standard InChI is InChI=1S/C14H18O3.C7H7FO.C3H6/c1-10(14(15)16)7-12-3-2-4-13(8-12)17-9-11-5-6-11;1-9-7-4-2-6(8)3-5-7;1-2-3-1/h2-4,8,10-11H,5-7,9H2,1H3,(H,15,16);2-5H,1H3;1-3H2. The van der Waals surface area contributed by atoms with E-state index in [9.17, 15) is 9.18 Å². The van der Waals surface area contributed by atoms with Gasteiger partial charge in [-0.2, -0.15) is 0 Å². The lowest BCUT2D eigenvalue weighted by Gasteiger charge is -2.09. The molecule has 2 aliphatic carbocycles. The van der Waals surface area contributed by atoms with Gasteiger partial charge in [-0.25, -0.2) is 4.39 Å². The Hall–Kier alpha value is -2.56. The maximum Gasteiger partial charge on any atom is 0.306 e. The van der Waals surface area contributed by atoms with Crippen LogP contribution in [0.3, 0.4) is 0 Å². The zero-order valence-electron chi connectivity index (χ0n) is 17.3. The minimum Gasteiger partial charge on any atom is -0.497 e. The molecule has 2 saturated carbocycles. The van der Waals surface area contributed by atoms with Crippen LogP contribution in [0.25, 0.3) is 0 Å². The van der Waals surface area contributed by atoms with Gasteiger partial charge in [0.2, 0.25) is 0 Å². The molecule has 1 atom stereocenters. The number of ether oxygens (including phenoxy) is 2. The van der Waals surface area contributed by atoms with E-state index in [-0.39, 0.29) is 11.7 Å². The van der Waals surface area contributed by atoms with E-state index < -0.39 is 5.97 Å². The number of rotatable bonds is 7. The maximum absolute atomic E-state index is 12.2. The third-order valence-electron chi connectivity index (χ3n) is 4.45. The van der Waals surface area contributed by atoms with Crippen LogP contribution in [-0.2, 0) is 11.2 Å². The first kappa shape index (κ1) is 22.7. The van der Waals surface area contributed by atoms with Crippen molar-refractivity contribution in [1.29, 1.82) is 0 Å². The average molecular weight is 403 g/mol. The van der Waals surface area contributed by atoms with E-state index in [1.54, 1.807) is 26.2 Å². The summed E-state index contributed by atoms with van der Waals surface area (Å²) >= 11 is 0. The van der Waals surface area contributed by atoms with E-state index in [1.165, 1.54) is 44.2 Å². The van der Waals surface area contributed by atoms with E-state index in [2.05, 4.69) is 0 Å². The smallest absolute Gasteiger partial charge is 0.306 e. The van der Waals surface area contributed by atoms with Crippen molar-refractivity contribution in [2.75, 3.05) is 13.7 Å². The van der Waals surface area contributed by atoms with Gasteiger partial charge in [0.15, 0.2) is 0 Å². The molecule has 2 fully saturated rings. The van der Waals surface area contributed by atoms with Gasteiger partial charge in [0, 0.05) is 0 Å². The van der Waals surface area contributed by atoms with E-state index in [0.29, 0.717) is 12.2 Å². The van der Waals surface area contributed by atoms with Gasteiger partial charge in [-0.15, -0.1) is 0 Å². The maximum atomic E-state index is 12.2. The van der Waals surface area contributed by atoms with Gasteiger partial charge in [0.25, 0.3) is 0 Å². The number of methoxy groups -OCH3 is 1. The molecule has 29 heavy (non-hydrogen) atoms. The zero-order valence-corrected chi connectivity index (χ0v) is 17.3. The number of hydrogen-bond donors (Lipinski definition) is 1. The van der Waals surface area contributed by atoms with Crippen molar-refractivity contribution >= 4 is 5.97 Å². The molecule has 0 heterocycles. The molecule has 0 saturated heterocycles. The number of hydrogen-bond acceptors (Lipinski definition) is 3. The van der Waals surface area contributed by atoms with E-state index in [4.69, 9.17) is 14.6 Å². The van der Waals surface area contributed by atoms with E-state index in [0.717, 1.165) is 23.8 Å². The zero-order chi connectivity index (χ0) is 21.1. The van der Waals surface area contributed by atoms with Crippen LogP contribution in [0.5, 0.6) is 11.5 Å². The first-order valence-corrected chi connectivity index (χ1v) is 10.2. The summed E-state index contributed by atoms with van der Waals surface area (Å²) in [7, 11) is 1.55. The van der Waals surface area contributed by atoms with Crippen LogP contribution in [0, 0.1) is 17.7 Å². The molecule has 1 unspecified atom stereocenters. The van der Waals surface area contributed by atoms with Gasteiger partial charge in [0.1, 0.15) is 17.3 Å². The molecule has 158 valence electrons. The first-order chi connectivity index (χ1) is 14.0. The molecule has 0 radical (unpaired) electrons. The van der Waals surface area contributed by atoms with Gasteiger partial charge in [0.05, 0.1) is 19.6 Å². The van der Waals surface area contributed by atoms with Crippen molar-refractivity contribution in [3.63, 3.8) is 0 Å². The second kappa shape index (κ2) is 12.1. The van der Waals surface area contributed by atoms with Gasteiger partial charge in [-0.05, 0) is 67.1 Å². The summed E-state index contributed by atoms with van der Waals surface area (Å²) in [5.41, 5.74) is 1.02. The van der Waals surface area contributed by atoms with Crippen LogP contribution in [0.15, 0.2) is 48.5 Å². The Labute approximate surface area is 172 Å². The molecular weight excluding hydrogens is 371 g/mol. The van der Waals surface area contributed by atoms with Gasteiger partial charge in [-0.3, -0.25) is 4.79 Å². The van der Waals surface area contributed by atoms with Crippen LogP contribution in [0.2, 0.25) is 0 Å². The first-order valence-electron chi connectivity index (χ1n) is 10.2. The molecule has 2 aromatic carbocycles. The van der Waals surface area contributed by atoms with E-state index >= 15 is 0 Å². The number of carboxylic acids is 1. The highest BCUT2D eigenvalue weighted by Gasteiger charge is 2.22. The molecule has 1 N–H and O–H groups in total. The average Bonchev–Trinajstić information content (AvgIpc) is 3.60. The largest absolute Gasteiger partial charge is 0.497 e. The third kappa shape index (κ3) is 10.5. The van der Waals surface area contributed by atoms with Crippen LogP contribution in [-0.4, -0.2) is 24.8 Å². The number of aliphatic carboxylic acids is 1. The summed E-state index contributed by atoms with van der Waals surface area (Å²) in [6, 6.07) is 13.6. The second-order valence-corrected chi connectivity index (χ2v) is 7.56. The summed E-state index contributed by atoms with van der Waals surface area (Å²) in [4.78, 5) is 10.8. The van der Waals surface area contributed by atoms with Crippen molar-refractivity contribution in [3.05, 3.63) is 59.9 Å². The summed E-state index contributed by atoms with van der Waals surface area (Å²) in [6.07, 6.45) is 7.60. The number of carboxylic acid groups (broad SMARTS) is 1. The van der Waals surface area contributed by atoms with Crippen molar-refractivity contribution in [1.82, 2.24) is 0 Å². The highest BCUT2D eigenvalue weighted by Crippen LogP contribution is 2.29. The molecule has 0 aliphatic heterocycles. The lowest BCUT2D eigenvalue weighted by molar-refractivity contribution is -0.141. The van der Waals surface area contributed by atoms with Crippen molar-refractivity contribution in [2.45, 2.75) is 45.4 Å². The van der Waals surface area contributed by atoms with E-state index in [1.807, 2.05) is 24.3 Å². The van der Waals surface area contributed by atoms with Crippen molar-refractivity contribution < 1.29 is 23.8 Å². The monoisotopic (exact) mass is 402 g/mol. The molecule has 2 aromatic rings. The molecule has 2 aliphatic rings. The summed E-state index contributed by atoms with van der Waals surface area (Å²) in [5, 5.41) is 8.87. The molecule has 0 spiro atoms. The van der Waals surface area contributed by atoms with Crippen LogP contribution < -0.4 is 9.47 Å².